The maximum absolute atomic E-state index is 9.83. The normalized spacial score (nSPS) is 17.4. The summed E-state index contributed by atoms with van der Waals surface area (Å²) in [6, 6.07) is 6.49. The molecule has 1 fully saturated rings. The smallest absolute Gasteiger partial charge is 0.191 e. The fourth-order valence-corrected chi connectivity index (χ4v) is 3.65. The molecular weight excluding hydrogens is 334 g/mol. The van der Waals surface area contributed by atoms with Crippen molar-refractivity contribution >= 4 is 17.7 Å². The molecule has 6 heteroatoms. The molecule has 0 bridgehead atoms. The molecule has 0 spiro atoms. The summed E-state index contributed by atoms with van der Waals surface area (Å²) in [5, 5.41) is 16.5. The summed E-state index contributed by atoms with van der Waals surface area (Å²) in [4.78, 5) is 6.01. The van der Waals surface area contributed by atoms with Gasteiger partial charge in [-0.2, -0.15) is 0 Å². The van der Waals surface area contributed by atoms with Crippen molar-refractivity contribution in [2.24, 2.45) is 10.4 Å². The van der Waals surface area contributed by atoms with Crippen LogP contribution in [-0.2, 0) is 11.3 Å². The molecule has 1 heterocycles. The number of guanidine groups is 1. The van der Waals surface area contributed by atoms with Crippen LogP contribution in [-0.4, -0.2) is 50.2 Å². The standard InChI is InChI=1S/C19H31N3O2S/c1-4-20-18(22-13-19(14-23)7-9-24-10-8-19)21-12-16-6-5-15(2)11-17(16)25-3/h5-6,11,23H,4,7-10,12-14H2,1-3H3,(H2,20,21,22). The Morgan fingerprint density at radius 1 is 1.32 bits per heavy atom. The molecule has 2 rings (SSSR count). The molecule has 0 aliphatic carbocycles. The average Bonchev–Trinajstić information content (AvgIpc) is 2.65. The lowest BCUT2D eigenvalue weighted by Gasteiger charge is -2.36. The Bertz CT molecular complexity index is 572. The maximum atomic E-state index is 9.83. The first-order valence-corrected chi connectivity index (χ1v) is 10.2. The Balaban J connectivity index is 2.03. The van der Waals surface area contributed by atoms with E-state index in [1.54, 1.807) is 11.8 Å². The summed E-state index contributed by atoms with van der Waals surface area (Å²) in [6.45, 7) is 7.95. The molecule has 3 N–H and O–H groups in total. The van der Waals surface area contributed by atoms with Crippen LogP contribution in [0, 0.1) is 12.3 Å². The van der Waals surface area contributed by atoms with Gasteiger partial charge in [0.05, 0.1) is 13.2 Å². The third kappa shape index (κ3) is 5.90. The number of ether oxygens (including phenoxy) is 1. The van der Waals surface area contributed by atoms with Crippen molar-refractivity contribution in [3.63, 3.8) is 0 Å². The van der Waals surface area contributed by atoms with Gasteiger partial charge in [0, 0.05) is 36.6 Å². The van der Waals surface area contributed by atoms with Crippen molar-refractivity contribution in [1.82, 2.24) is 10.6 Å². The van der Waals surface area contributed by atoms with Crippen LogP contribution < -0.4 is 10.6 Å². The van der Waals surface area contributed by atoms with E-state index in [2.05, 4.69) is 48.9 Å². The number of hydrogen-bond donors (Lipinski definition) is 3. The number of aryl methyl sites for hydroxylation is 1. The fourth-order valence-electron chi connectivity index (χ4n) is 2.95. The van der Waals surface area contributed by atoms with Gasteiger partial charge >= 0.3 is 0 Å². The second-order valence-electron chi connectivity index (χ2n) is 6.63. The van der Waals surface area contributed by atoms with Gasteiger partial charge in [0.1, 0.15) is 0 Å². The first kappa shape index (κ1) is 20.1. The molecule has 1 aromatic carbocycles. The zero-order valence-corrected chi connectivity index (χ0v) is 16.4. The topological polar surface area (TPSA) is 65.9 Å². The molecule has 0 aromatic heterocycles. The number of hydrogen-bond acceptors (Lipinski definition) is 4. The van der Waals surface area contributed by atoms with E-state index in [4.69, 9.17) is 9.73 Å². The van der Waals surface area contributed by atoms with Gasteiger partial charge in [-0.05, 0) is 50.1 Å². The zero-order valence-electron chi connectivity index (χ0n) is 15.6. The number of aliphatic imine (C=N–C) groups is 1. The van der Waals surface area contributed by atoms with E-state index in [9.17, 15) is 5.11 Å². The van der Waals surface area contributed by atoms with E-state index in [0.29, 0.717) is 13.1 Å². The molecule has 25 heavy (non-hydrogen) atoms. The molecule has 1 aliphatic heterocycles. The van der Waals surface area contributed by atoms with E-state index in [1.807, 2.05) is 0 Å². The highest BCUT2D eigenvalue weighted by Crippen LogP contribution is 2.29. The first-order chi connectivity index (χ1) is 12.1. The third-order valence-corrected chi connectivity index (χ3v) is 5.53. The first-order valence-electron chi connectivity index (χ1n) is 8.97. The molecule has 0 radical (unpaired) electrons. The van der Waals surface area contributed by atoms with Crippen LogP contribution in [0.4, 0.5) is 0 Å². The molecule has 0 atom stereocenters. The van der Waals surface area contributed by atoms with Gasteiger partial charge in [-0.1, -0.05) is 12.1 Å². The van der Waals surface area contributed by atoms with Gasteiger partial charge in [-0.15, -0.1) is 11.8 Å². The number of rotatable bonds is 7. The van der Waals surface area contributed by atoms with Crippen LogP contribution in [0.25, 0.3) is 0 Å². The second-order valence-corrected chi connectivity index (χ2v) is 7.48. The Labute approximate surface area is 155 Å². The highest BCUT2D eigenvalue weighted by Gasteiger charge is 2.32. The van der Waals surface area contributed by atoms with Crippen LogP contribution in [0.15, 0.2) is 28.1 Å². The van der Waals surface area contributed by atoms with Crippen LogP contribution in [0.3, 0.4) is 0 Å². The summed E-state index contributed by atoms with van der Waals surface area (Å²) in [5.41, 5.74) is 2.40. The zero-order chi connectivity index (χ0) is 18.1. The molecule has 5 nitrogen and oxygen atoms in total. The summed E-state index contributed by atoms with van der Waals surface area (Å²) in [5.74, 6) is 0.800. The maximum Gasteiger partial charge on any atom is 0.191 e. The largest absolute Gasteiger partial charge is 0.396 e. The number of nitrogens with zero attached hydrogens (tertiary/aromatic N) is 1. The molecule has 0 amide bonds. The molecule has 0 unspecified atom stereocenters. The van der Waals surface area contributed by atoms with Crippen LogP contribution in [0.2, 0.25) is 0 Å². The minimum atomic E-state index is -0.108. The minimum Gasteiger partial charge on any atom is -0.396 e. The molecule has 0 saturated carbocycles. The quantitative estimate of drug-likeness (QED) is 0.394. The number of thioether (sulfide) groups is 1. The molecule has 140 valence electrons. The summed E-state index contributed by atoms with van der Waals surface area (Å²) in [6.07, 6.45) is 3.86. The van der Waals surface area contributed by atoms with Crippen molar-refractivity contribution in [2.75, 3.05) is 39.2 Å². The van der Waals surface area contributed by atoms with Crippen molar-refractivity contribution in [3.8, 4) is 0 Å². The van der Waals surface area contributed by atoms with Gasteiger partial charge in [-0.3, -0.25) is 0 Å². The van der Waals surface area contributed by atoms with Gasteiger partial charge in [-0.25, -0.2) is 4.99 Å². The van der Waals surface area contributed by atoms with Gasteiger partial charge in [0.25, 0.3) is 0 Å². The highest BCUT2D eigenvalue weighted by molar-refractivity contribution is 7.98. The Morgan fingerprint density at radius 2 is 2.08 bits per heavy atom. The summed E-state index contributed by atoms with van der Waals surface area (Å²) < 4.78 is 5.43. The number of benzene rings is 1. The SMILES string of the molecule is CCNC(=NCc1ccc(C)cc1SC)NCC1(CO)CCOCC1. The van der Waals surface area contributed by atoms with Gasteiger partial charge in [0.2, 0.25) is 0 Å². The monoisotopic (exact) mass is 365 g/mol. The van der Waals surface area contributed by atoms with E-state index < -0.39 is 0 Å². The Hall–Kier alpha value is -1.24. The van der Waals surface area contributed by atoms with E-state index in [0.717, 1.165) is 38.6 Å². The van der Waals surface area contributed by atoms with Crippen molar-refractivity contribution in [3.05, 3.63) is 29.3 Å². The van der Waals surface area contributed by atoms with Gasteiger partial charge < -0.3 is 20.5 Å². The highest BCUT2D eigenvalue weighted by atomic mass is 32.2. The lowest BCUT2D eigenvalue weighted by molar-refractivity contribution is -0.0131. The van der Waals surface area contributed by atoms with Gasteiger partial charge in [0.15, 0.2) is 5.96 Å². The summed E-state index contributed by atoms with van der Waals surface area (Å²) >= 11 is 1.76. The van der Waals surface area contributed by atoms with Crippen molar-refractivity contribution in [2.45, 2.75) is 38.1 Å². The van der Waals surface area contributed by atoms with Crippen LogP contribution in [0.1, 0.15) is 30.9 Å². The van der Waals surface area contributed by atoms with E-state index >= 15 is 0 Å². The Morgan fingerprint density at radius 3 is 2.72 bits per heavy atom. The fraction of sp³-hybridized carbons (Fsp3) is 0.632. The third-order valence-electron chi connectivity index (χ3n) is 4.71. The van der Waals surface area contributed by atoms with Crippen molar-refractivity contribution < 1.29 is 9.84 Å². The molecular formula is C19H31N3O2S. The minimum absolute atomic E-state index is 0.108. The van der Waals surface area contributed by atoms with E-state index in [-0.39, 0.29) is 12.0 Å². The second kappa shape index (κ2) is 10.0. The lowest BCUT2D eigenvalue weighted by Crippen LogP contribution is -2.47. The van der Waals surface area contributed by atoms with Crippen molar-refractivity contribution in [1.29, 1.82) is 0 Å². The molecule has 1 aliphatic rings. The number of nitrogens with one attached hydrogen (secondary N) is 2. The predicted octanol–water partition coefficient (Wildman–Crippen LogP) is 2.56. The van der Waals surface area contributed by atoms with E-state index in [1.165, 1.54) is 16.0 Å². The predicted molar refractivity (Wildman–Crippen MR) is 105 cm³/mol. The number of aliphatic hydroxyl groups excluding tert-OH is 1. The summed E-state index contributed by atoms with van der Waals surface area (Å²) in [7, 11) is 0. The van der Waals surface area contributed by atoms with Crippen LogP contribution in [0.5, 0.6) is 0 Å². The molecule has 1 saturated heterocycles. The average molecular weight is 366 g/mol. The Kier molecular flexibility index (Phi) is 8.06. The number of aliphatic hydroxyl groups is 1. The molecule has 1 aromatic rings. The van der Waals surface area contributed by atoms with Crippen LogP contribution >= 0.6 is 11.8 Å². The lowest BCUT2D eigenvalue weighted by atomic mass is 9.81.